The minimum atomic E-state index is -1.38. The third-order valence-electron chi connectivity index (χ3n) is 2.97. The number of hydrogen-bond acceptors (Lipinski definition) is 4. The van der Waals surface area contributed by atoms with Gasteiger partial charge in [-0.05, 0) is 52.9 Å². The van der Waals surface area contributed by atoms with Crippen molar-refractivity contribution in [3.8, 4) is 0 Å². The van der Waals surface area contributed by atoms with Gasteiger partial charge < -0.3 is 10.4 Å². The summed E-state index contributed by atoms with van der Waals surface area (Å²) in [5.74, 6) is -4.35. The molecule has 0 aliphatic carbocycles. The second kappa shape index (κ2) is 8.70. The molecule has 10 heteroatoms. The molecule has 2 aromatic rings. The Kier molecular flexibility index (Phi) is 6.87. The standard InChI is InChI=1S/C15H11ClF3IN2O3/c16-22(25-6-5-23)15(24)9-2-3-10(17)13(19)14(9)21-12-4-1-8(20)7-11(12)18/h1-4,7,21,23H,5-6H2. The summed E-state index contributed by atoms with van der Waals surface area (Å²) in [6, 6.07) is 5.75. The Labute approximate surface area is 159 Å². The summed E-state index contributed by atoms with van der Waals surface area (Å²) in [6.45, 7) is -0.694. The van der Waals surface area contributed by atoms with Crippen LogP contribution in [0, 0.1) is 21.0 Å². The largest absolute Gasteiger partial charge is 0.394 e. The zero-order chi connectivity index (χ0) is 18.6. The van der Waals surface area contributed by atoms with Gasteiger partial charge in [-0.15, -0.1) is 4.58 Å². The molecule has 1 amide bonds. The molecule has 0 bridgehead atoms. The van der Waals surface area contributed by atoms with E-state index in [9.17, 15) is 18.0 Å². The summed E-state index contributed by atoms with van der Waals surface area (Å²) in [5.41, 5.74) is -1.13. The SMILES string of the molecule is O=C(c1ccc(F)c(F)c1Nc1ccc(I)cc1F)N(Cl)OCCO. The van der Waals surface area contributed by atoms with Crippen molar-refractivity contribution in [3.63, 3.8) is 0 Å². The molecule has 0 saturated heterocycles. The second-order valence-electron chi connectivity index (χ2n) is 4.64. The Hall–Kier alpha value is -1.56. The number of hydrogen-bond donors (Lipinski definition) is 2. The van der Waals surface area contributed by atoms with Crippen molar-refractivity contribution < 1.29 is 27.9 Å². The molecule has 0 aromatic heterocycles. The zero-order valence-corrected chi connectivity index (χ0v) is 15.3. The fraction of sp³-hybridized carbons (Fsp3) is 0.133. The van der Waals surface area contributed by atoms with E-state index in [-0.39, 0.29) is 22.4 Å². The Bertz CT molecular complexity index is 795. The van der Waals surface area contributed by atoms with Gasteiger partial charge in [-0.2, -0.15) is 0 Å². The number of aliphatic hydroxyl groups excluding tert-OH is 1. The molecule has 0 unspecified atom stereocenters. The maximum atomic E-state index is 14.2. The van der Waals surface area contributed by atoms with Crippen LogP contribution in [0.15, 0.2) is 30.3 Å². The van der Waals surface area contributed by atoms with E-state index in [2.05, 4.69) is 5.32 Å². The number of carbonyl (C=O) groups is 1. The first-order chi connectivity index (χ1) is 11.8. The summed E-state index contributed by atoms with van der Waals surface area (Å²) in [7, 11) is 0. The summed E-state index contributed by atoms with van der Waals surface area (Å²) in [6.07, 6.45) is 0. The number of nitrogens with one attached hydrogen (secondary N) is 1. The highest BCUT2D eigenvalue weighted by atomic mass is 127. The summed E-state index contributed by atoms with van der Waals surface area (Å²) < 4.78 is 42.6. The number of aliphatic hydroxyl groups is 1. The van der Waals surface area contributed by atoms with Gasteiger partial charge in [0, 0.05) is 15.3 Å². The van der Waals surface area contributed by atoms with Crippen LogP contribution in [0.5, 0.6) is 0 Å². The van der Waals surface area contributed by atoms with E-state index < -0.39 is 35.7 Å². The van der Waals surface area contributed by atoms with E-state index in [1.54, 1.807) is 6.07 Å². The number of anilines is 2. The van der Waals surface area contributed by atoms with Crippen LogP contribution in [-0.4, -0.2) is 28.8 Å². The average Bonchev–Trinajstić information content (AvgIpc) is 2.58. The van der Waals surface area contributed by atoms with Gasteiger partial charge in [0.1, 0.15) is 5.82 Å². The van der Waals surface area contributed by atoms with E-state index >= 15 is 0 Å². The predicted molar refractivity (Wildman–Crippen MR) is 93.8 cm³/mol. The van der Waals surface area contributed by atoms with Crippen LogP contribution in [0.25, 0.3) is 0 Å². The molecule has 0 fully saturated rings. The van der Waals surface area contributed by atoms with E-state index in [0.29, 0.717) is 3.57 Å². The van der Waals surface area contributed by atoms with Gasteiger partial charge in [-0.1, -0.05) is 0 Å². The van der Waals surface area contributed by atoms with E-state index in [1.165, 1.54) is 12.1 Å². The summed E-state index contributed by atoms with van der Waals surface area (Å²) in [4.78, 5) is 16.9. The molecule has 5 nitrogen and oxygen atoms in total. The van der Waals surface area contributed by atoms with Crippen molar-refractivity contribution in [2.24, 2.45) is 0 Å². The number of carbonyl (C=O) groups excluding carboxylic acids is 1. The molecule has 134 valence electrons. The van der Waals surface area contributed by atoms with Crippen LogP contribution in [0.3, 0.4) is 0 Å². The van der Waals surface area contributed by atoms with Gasteiger partial charge in [0.2, 0.25) is 0 Å². The first kappa shape index (κ1) is 19.8. The maximum absolute atomic E-state index is 14.2. The molecule has 2 rings (SSSR count). The third kappa shape index (κ3) is 4.75. The number of nitrogens with zero attached hydrogens (tertiary/aromatic N) is 1. The van der Waals surface area contributed by atoms with Crippen LogP contribution in [0.1, 0.15) is 10.4 Å². The number of amides is 1. The van der Waals surface area contributed by atoms with E-state index in [0.717, 1.165) is 12.1 Å². The molecule has 0 aliphatic rings. The molecule has 2 aromatic carbocycles. The van der Waals surface area contributed by atoms with Crippen LogP contribution in [-0.2, 0) is 4.84 Å². The summed E-state index contributed by atoms with van der Waals surface area (Å²) in [5, 5.41) is 11.0. The smallest absolute Gasteiger partial charge is 0.295 e. The van der Waals surface area contributed by atoms with Crippen molar-refractivity contribution in [3.05, 3.63) is 56.9 Å². The van der Waals surface area contributed by atoms with Crippen molar-refractivity contribution in [2.45, 2.75) is 0 Å². The Morgan fingerprint density at radius 3 is 2.60 bits per heavy atom. The third-order valence-corrected chi connectivity index (χ3v) is 3.89. The average molecular weight is 487 g/mol. The topological polar surface area (TPSA) is 61.8 Å². The fourth-order valence-corrected chi connectivity index (χ4v) is 2.46. The Morgan fingerprint density at radius 1 is 1.24 bits per heavy atom. The molecule has 0 spiro atoms. The number of benzene rings is 2. The first-order valence-corrected chi connectivity index (χ1v) is 8.21. The lowest BCUT2D eigenvalue weighted by Crippen LogP contribution is -2.24. The van der Waals surface area contributed by atoms with Gasteiger partial charge in [0.05, 0.1) is 30.2 Å². The molecule has 0 radical (unpaired) electrons. The number of rotatable bonds is 6. The van der Waals surface area contributed by atoms with E-state index in [1.807, 2.05) is 22.6 Å². The molecular formula is C15H11ClF3IN2O3. The lowest BCUT2D eigenvalue weighted by molar-refractivity contribution is -0.0695. The lowest BCUT2D eigenvalue weighted by Gasteiger charge is -2.17. The van der Waals surface area contributed by atoms with Crippen LogP contribution >= 0.6 is 34.4 Å². The summed E-state index contributed by atoms with van der Waals surface area (Å²) >= 11 is 7.48. The highest BCUT2D eigenvalue weighted by Crippen LogP contribution is 2.29. The highest BCUT2D eigenvalue weighted by molar-refractivity contribution is 14.1. The lowest BCUT2D eigenvalue weighted by atomic mass is 10.1. The monoisotopic (exact) mass is 486 g/mol. The minimum Gasteiger partial charge on any atom is -0.394 e. The molecular weight excluding hydrogens is 476 g/mol. The zero-order valence-electron chi connectivity index (χ0n) is 12.4. The minimum absolute atomic E-state index is 0.156. The molecule has 0 heterocycles. The molecule has 0 saturated carbocycles. The van der Waals surface area contributed by atoms with Gasteiger partial charge in [-0.3, -0.25) is 9.63 Å². The normalized spacial score (nSPS) is 10.6. The van der Waals surface area contributed by atoms with Crippen molar-refractivity contribution >= 4 is 51.6 Å². The van der Waals surface area contributed by atoms with Crippen molar-refractivity contribution in [2.75, 3.05) is 18.5 Å². The van der Waals surface area contributed by atoms with Gasteiger partial charge in [-0.25, -0.2) is 13.2 Å². The molecule has 25 heavy (non-hydrogen) atoms. The van der Waals surface area contributed by atoms with Crippen LogP contribution < -0.4 is 5.32 Å². The Morgan fingerprint density at radius 2 is 1.96 bits per heavy atom. The van der Waals surface area contributed by atoms with Crippen molar-refractivity contribution in [1.29, 1.82) is 0 Å². The molecule has 0 aliphatic heterocycles. The first-order valence-electron chi connectivity index (χ1n) is 6.79. The fourth-order valence-electron chi connectivity index (χ4n) is 1.85. The van der Waals surface area contributed by atoms with Crippen LogP contribution in [0.4, 0.5) is 24.5 Å². The van der Waals surface area contributed by atoms with E-state index in [4.69, 9.17) is 21.7 Å². The molecule has 0 atom stereocenters. The Balaban J connectivity index is 2.42. The number of hydroxylamine groups is 1. The van der Waals surface area contributed by atoms with Crippen LogP contribution in [0.2, 0.25) is 0 Å². The molecule has 2 N–H and O–H groups in total. The second-order valence-corrected chi connectivity index (χ2v) is 6.19. The predicted octanol–water partition coefficient (Wildman–Crippen LogP) is 3.97. The van der Waals surface area contributed by atoms with Crippen molar-refractivity contribution in [1.82, 2.24) is 4.58 Å². The van der Waals surface area contributed by atoms with Gasteiger partial charge in [0.25, 0.3) is 5.91 Å². The van der Waals surface area contributed by atoms with Gasteiger partial charge >= 0.3 is 0 Å². The number of halogens is 5. The maximum Gasteiger partial charge on any atom is 0.295 e. The van der Waals surface area contributed by atoms with Gasteiger partial charge in [0.15, 0.2) is 11.6 Å². The highest BCUT2D eigenvalue weighted by Gasteiger charge is 2.24. The quantitative estimate of drug-likeness (QED) is 0.369.